The fourth-order valence-electron chi connectivity index (χ4n) is 8.08. The summed E-state index contributed by atoms with van der Waals surface area (Å²) in [7, 11) is 0. The first-order valence-corrected chi connectivity index (χ1v) is 15.4. The molecule has 0 saturated carbocycles. The molecule has 3 aromatic carbocycles. The monoisotopic (exact) mass is 638 g/mol. The van der Waals surface area contributed by atoms with Gasteiger partial charge in [-0.05, 0) is 55.8 Å². The third kappa shape index (κ3) is 4.60. The van der Waals surface area contributed by atoms with E-state index in [2.05, 4.69) is 20.2 Å². The zero-order valence-electron chi connectivity index (χ0n) is 24.6. The lowest BCUT2D eigenvalue weighted by molar-refractivity contribution is -0.384. The third-order valence-electron chi connectivity index (χ3n) is 10.1. The first kappa shape index (κ1) is 29.1. The molecule has 0 unspecified atom stereocenters. The average molecular weight is 639 g/mol. The first-order valence-electron chi connectivity index (χ1n) is 15.4. The molecule has 240 valence electrons. The third-order valence-corrected chi connectivity index (χ3v) is 10.1. The van der Waals surface area contributed by atoms with Crippen LogP contribution in [0.15, 0.2) is 30.3 Å². The Morgan fingerprint density at radius 1 is 1.09 bits per heavy atom. The number of halogens is 4. The topological polar surface area (TPSA) is 117 Å². The van der Waals surface area contributed by atoms with Gasteiger partial charge in [0.15, 0.2) is 17.5 Å². The van der Waals surface area contributed by atoms with E-state index in [0.29, 0.717) is 26.1 Å². The number of phenolic OH excluding ortho intramolecular Hbond substituents is 1. The van der Waals surface area contributed by atoms with Crippen molar-refractivity contribution in [1.82, 2.24) is 20.2 Å². The second-order valence-corrected chi connectivity index (χ2v) is 12.9. The fraction of sp³-hybridized carbons (Fsp3) is 0.438. The van der Waals surface area contributed by atoms with Gasteiger partial charge in [-0.3, -0.25) is 15.0 Å². The molecule has 4 aromatic rings. The van der Waals surface area contributed by atoms with Crippen molar-refractivity contribution in [2.24, 2.45) is 0 Å². The number of hydrogen-bond donors (Lipinski definition) is 2. The van der Waals surface area contributed by atoms with E-state index in [1.807, 2.05) is 4.90 Å². The Kier molecular flexibility index (Phi) is 6.73. The zero-order valence-corrected chi connectivity index (χ0v) is 24.6. The number of aromatic nitrogens is 2. The Bertz CT molecular complexity index is 1920. The fourth-order valence-corrected chi connectivity index (χ4v) is 8.08. The molecule has 5 heterocycles. The lowest BCUT2D eigenvalue weighted by atomic mass is 9.94. The average Bonchev–Trinajstić information content (AvgIpc) is 3.67. The molecule has 4 saturated heterocycles. The number of nitrogens with zero attached hydrogens (tertiary/aromatic N) is 5. The lowest BCUT2D eigenvalue weighted by Crippen LogP contribution is -2.51. The molecule has 46 heavy (non-hydrogen) atoms. The quantitative estimate of drug-likeness (QED) is 0.163. The van der Waals surface area contributed by atoms with Crippen LogP contribution in [0.1, 0.15) is 32.1 Å². The molecular formula is C32H30F4N6O4. The van der Waals surface area contributed by atoms with E-state index in [4.69, 9.17) is 4.74 Å². The molecule has 0 amide bonds. The van der Waals surface area contributed by atoms with Crippen molar-refractivity contribution < 1.29 is 32.3 Å². The number of aromatic hydroxyl groups is 1. The Morgan fingerprint density at radius 3 is 2.63 bits per heavy atom. The highest BCUT2D eigenvalue weighted by Gasteiger charge is 2.49. The van der Waals surface area contributed by atoms with Crippen molar-refractivity contribution in [2.45, 2.75) is 55.9 Å². The predicted octanol–water partition coefficient (Wildman–Crippen LogP) is 5.38. The molecule has 2 N–H and O–H groups in total. The number of rotatable bonds is 6. The van der Waals surface area contributed by atoms with Crippen LogP contribution in [0.5, 0.6) is 11.8 Å². The smallest absolute Gasteiger partial charge is 0.319 e. The Labute approximate surface area is 260 Å². The number of anilines is 1. The number of piperazine rings is 1. The summed E-state index contributed by atoms with van der Waals surface area (Å²) >= 11 is 0. The molecule has 0 radical (unpaired) electrons. The van der Waals surface area contributed by atoms with E-state index in [1.165, 1.54) is 6.07 Å². The maximum absolute atomic E-state index is 16.9. The van der Waals surface area contributed by atoms with Gasteiger partial charge in [0.25, 0.3) is 5.69 Å². The van der Waals surface area contributed by atoms with Gasteiger partial charge < -0.3 is 20.1 Å². The van der Waals surface area contributed by atoms with Crippen molar-refractivity contribution in [3.05, 3.63) is 57.9 Å². The maximum Gasteiger partial charge on any atom is 0.319 e. The van der Waals surface area contributed by atoms with Gasteiger partial charge in [-0.1, -0.05) is 6.07 Å². The largest absolute Gasteiger partial charge is 0.508 e. The maximum atomic E-state index is 16.9. The van der Waals surface area contributed by atoms with Crippen LogP contribution in [0.4, 0.5) is 29.1 Å². The molecule has 4 aliphatic rings. The van der Waals surface area contributed by atoms with Gasteiger partial charge in [-0.25, -0.2) is 17.6 Å². The number of alkyl halides is 1. The van der Waals surface area contributed by atoms with Crippen LogP contribution in [0.2, 0.25) is 0 Å². The minimum absolute atomic E-state index is 0.0227. The first-order chi connectivity index (χ1) is 22.1. The van der Waals surface area contributed by atoms with Crippen molar-refractivity contribution >= 4 is 33.2 Å². The Hall–Kier alpha value is -4.30. The van der Waals surface area contributed by atoms with Gasteiger partial charge in [-0.2, -0.15) is 9.97 Å². The number of nitrogens with one attached hydrogen (secondary N) is 1. The number of benzene rings is 3. The van der Waals surface area contributed by atoms with Gasteiger partial charge in [-0.15, -0.1) is 0 Å². The summed E-state index contributed by atoms with van der Waals surface area (Å²) < 4.78 is 67.2. The van der Waals surface area contributed by atoms with E-state index in [9.17, 15) is 24.0 Å². The van der Waals surface area contributed by atoms with Crippen molar-refractivity contribution in [3.8, 4) is 22.9 Å². The highest BCUT2D eigenvalue weighted by atomic mass is 19.2. The summed E-state index contributed by atoms with van der Waals surface area (Å²) in [6.07, 6.45) is 2.79. The number of ether oxygens (including phenoxy) is 1. The van der Waals surface area contributed by atoms with Gasteiger partial charge in [0, 0.05) is 55.2 Å². The molecule has 2 bridgehead atoms. The van der Waals surface area contributed by atoms with E-state index in [0.717, 1.165) is 56.5 Å². The second kappa shape index (κ2) is 10.6. The number of nitro benzene ring substituents is 1. The minimum Gasteiger partial charge on any atom is -0.508 e. The summed E-state index contributed by atoms with van der Waals surface area (Å²) in [5.41, 5.74) is -2.63. The molecule has 8 rings (SSSR count). The van der Waals surface area contributed by atoms with Gasteiger partial charge >= 0.3 is 6.01 Å². The van der Waals surface area contributed by atoms with Crippen LogP contribution >= 0.6 is 0 Å². The zero-order chi connectivity index (χ0) is 31.9. The number of fused-ring (bicyclic) bond motifs is 5. The molecule has 14 heteroatoms. The van der Waals surface area contributed by atoms with E-state index >= 15 is 8.78 Å². The molecule has 0 spiro atoms. The van der Waals surface area contributed by atoms with Gasteiger partial charge in [0.1, 0.15) is 29.9 Å². The molecular weight excluding hydrogens is 608 g/mol. The number of phenols is 1. The molecule has 10 nitrogen and oxygen atoms in total. The van der Waals surface area contributed by atoms with Crippen LogP contribution < -0.4 is 15.0 Å². The van der Waals surface area contributed by atoms with Gasteiger partial charge in [0.2, 0.25) is 0 Å². The second-order valence-electron chi connectivity index (χ2n) is 12.9. The van der Waals surface area contributed by atoms with Crippen molar-refractivity contribution in [2.75, 3.05) is 37.7 Å². The summed E-state index contributed by atoms with van der Waals surface area (Å²) in [5.74, 6) is -3.92. The summed E-state index contributed by atoms with van der Waals surface area (Å²) in [6, 6.07) is 5.45. The molecule has 1 aromatic heterocycles. The normalized spacial score (nSPS) is 25.9. The molecule has 4 atom stereocenters. The Morgan fingerprint density at radius 2 is 1.87 bits per heavy atom. The number of nitro groups is 1. The van der Waals surface area contributed by atoms with Crippen molar-refractivity contribution in [3.63, 3.8) is 0 Å². The van der Waals surface area contributed by atoms with E-state index in [1.54, 1.807) is 0 Å². The molecule has 4 fully saturated rings. The van der Waals surface area contributed by atoms with Gasteiger partial charge in [0.05, 0.1) is 21.4 Å². The summed E-state index contributed by atoms with van der Waals surface area (Å²) in [5, 5.41) is 26.1. The summed E-state index contributed by atoms with van der Waals surface area (Å²) in [6.45, 7) is 2.17. The van der Waals surface area contributed by atoms with Crippen LogP contribution in [-0.4, -0.2) is 81.5 Å². The number of hydrogen-bond acceptors (Lipinski definition) is 9. The lowest BCUT2D eigenvalue weighted by Gasteiger charge is -2.34. The van der Waals surface area contributed by atoms with Crippen LogP contribution in [0.25, 0.3) is 32.8 Å². The van der Waals surface area contributed by atoms with E-state index in [-0.39, 0.29) is 46.8 Å². The summed E-state index contributed by atoms with van der Waals surface area (Å²) in [4.78, 5) is 24.7. The molecule has 4 aliphatic heterocycles. The highest BCUT2D eigenvalue weighted by Crippen LogP contribution is 2.45. The predicted molar refractivity (Wildman–Crippen MR) is 161 cm³/mol. The van der Waals surface area contributed by atoms with E-state index < -0.39 is 62.0 Å². The van der Waals surface area contributed by atoms with Crippen LogP contribution in [0, 0.1) is 27.6 Å². The SMILES string of the molecule is O=[N+]([O-])c1cc2c(N3C[C@H]4CC[C@@H](C3)N4)nc(OC[C@@]34CCCN3C[C@H](F)C4)nc2c(F)c1-c1cc(O)cc2ccc(F)c(F)c12. The Balaban J connectivity index is 1.33. The minimum atomic E-state index is -1.34. The molecule has 0 aliphatic carbocycles. The van der Waals surface area contributed by atoms with Crippen molar-refractivity contribution in [1.29, 1.82) is 0 Å². The highest BCUT2D eigenvalue weighted by molar-refractivity contribution is 6.04. The standard InChI is InChI=1S/C32H30F4N6O4/c33-17-11-32(6-1-7-41(32)12-17)15-46-31-38-29-22(30(39-31)40-13-18-3-4-19(14-40)37-18)10-24(42(44)45)26(28(29)36)21-9-20(43)8-16-2-5-23(34)27(35)25(16)21/h2,5,8-10,17-19,37,43H,1,3-4,6-7,11-15H2/t17-,18-,19+,32+/m1/s1. The van der Waals surface area contributed by atoms with Crippen LogP contribution in [-0.2, 0) is 0 Å². The van der Waals surface area contributed by atoms with Crippen LogP contribution in [0.3, 0.4) is 0 Å².